The van der Waals surface area contributed by atoms with Crippen LogP contribution in [0.4, 0.5) is 0 Å². The predicted molar refractivity (Wildman–Crippen MR) is 85.5 cm³/mol. The summed E-state index contributed by atoms with van der Waals surface area (Å²) in [5.41, 5.74) is 8.05. The van der Waals surface area contributed by atoms with Crippen LogP contribution in [0.25, 0.3) is 10.8 Å². The van der Waals surface area contributed by atoms with E-state index < -0.39 is 0 Å². The van der Waals surface area contributed by atoms with E-state index in [1.54, 1.807) is 6.20 Å². The zero-order chi connectivity index (χ0) is 14.7. The summed E-state index contributed by atoms with van der Waals surface area (Å²) in [7, 11) is 0. The first-order valence-corrected chi connectivity index (χ1v) is 7.15. The second-order valence-corrected chi connectivity index (χ2v) is 4.94. The van der Waals surface area contributed by atoms with E-state index >= 15 is 0 Å². The van der Waals surface area contributed by atoms with E-state index in [2.05, 4.69) is 24.0 Å². The quantitative estimate of drug-likeness (QED) is 0.783. The van der Waals surface area contributed by atoms with Crippen molar-refractivity contribution in [3.8, 4) is 11.6 Å². The normalized spacial score (nSPS) is 10.8. The van der Waals surface area contributed by atoms with Gasteiger partial charge in [-0.3, -0.25) is 0 Å². The molecule has 0 aliphatic heterocycles. The van der Waals surface area contributed by atoms with Gasteiger partial charge in [-0.25, -0.2) is 4.98 Å². The van der Waals surface area contributed by atoms with Gasteiger partial charge in [0, 0.05) is 18.1 Å². The lowest BCUT2D eigenvalue weighted by Gasteiger charge is -2.11. The van der Waals surface area contributed by atoms with Crippen LogP contribution in [0.2, 0.25) is 0 Å². The fraction of sp³-hybridized carbons (Fsp3) is 0.167. The Morgan fingerprint density at radius 1 is 1.05 bits per heavy atom. The van der Waals surface area contributed by atoms with Gasteiger partial charge in [0.2, 0.25) is 5.88 Å². The van der Waals surface area contributed by atoms with Gasteiger partial charge < -0.3 is 10.5 Å². The third-order valence-corrected chi connectivity index (χ3v) is 3.58. The summed E-state index contributed by atoms with van der Waals surface area (Å²) in [6.07, 6.45) is 2.78. The summed E-state index contributed by atoms with van der Waals surface area (Å²) in [4.78, 5) is 4.43. The van der Waals surface area contributed by atoms with Crippen molar-refractivity contribution in [2.75, 3.05) is 0 Å². The van der Waals surface area contributed by atoms with Gasteiger partial charge in [0.15, 0.2) is 0 Å². The highest BCUT2D eigenvalue weighted by molar-refractivity contribution is 5.89. The van der Waals surface area contributed by atoms with Crippen LogP contribution in [0, 0.1) is 0 Å². The number of nitrogens with two attached hydrogens (primary N) is 1. The lowest BCUT2D eigenvalue weighted by molar-refractivity contribution is 0.468. The maximum atomic E-state index is 5.98. The van der Waals surface area contributed by atoms with E-state index in [4.69, 9.17) is 10.5 Å². The number of ether oxygens (including phenoxy) is 1. The van der Waals surface area contributed by atoms with Crippen molar-refractivity contribution in [1.29, 1.82) is 0 Å². The Bertz CT molecular complexity index is 768. The minimum atomic E-state index is 0.471. The Balaban J connectivity index is 2.04. The fourth-order valence-corrected chi connectivity index (χ4v) is 2.41. The molecular formula is C18H18N2O. The molecule has 0 bridgehead atoms. The Labute approximate surface area is 124 Å². The number of pyridine rings is 1. The molecule has 0 spiro atoms. The number of rotatable bonds is 4. The lowest BCUT2D eigenvalue weighted by atomic mass is 10.1. The molecule has 0 amide bonds. The third kappa shape index (κ3) is 2.73. The van der Waals surface area contributed by atoms with Crippen molar-refractivity contribution < 1.29 is 4.74 Å². The molecule has 0 fully saturated rings. The molecule has 0 aliphatic rings. The third-order valence-electron chi connectivity index (χ3n) is 3.58. The molecule has 2 N–H and O–H groups in total. The zero-order valence-corrected chi connectivity index (χ0v) is 12.0. The van der Waals surface area contributed by atoms with E-state index in [9.17, 15) is 0 Å². The van der Waals surface area contributed by atoms with Crippen molar-refractivity contribution in [3.63, 3.8) is 0 Å². The highest BCUT2D eigenvalue weighted by Gasteiger charge is 2.08. The summed E-state index contributed by atoms with van der Waals surface area (Å²) in [5.74, 6) is 1.43. The van der Waals surface area contributed by atoms with Crippen LogP contribution < -0.4 is 10.5 Å². The first-order chi connectivity index (χ1) is 10.3. The van der Waals surface area contributed by atoms with Crippen LogP contribution in [0.15, 0.2) is 54.7 Å². The standard InChI is InChI=1S/C18H18N2O/c1-2-13-6-5-7-15(10-13)21-18-17-9-4-3-8-16(17)14(11-19)12-20-18/h3-10,12H,2,11,19H2,1H3. The van der Waals surface area contributed by atoms with E-state index in [0.29, 0.717) is 12.4 Å². The molecule has 0 saturated carbocycles. The molecule has 0 unspecified atom stereocenters. The van der Waals surface area contributed by atoms with Gasteiger partial charge in [-0.15, -0.1) is 0 Å². The van der Waals surface area contributed by atoms with Crippen molar-refractivity contribution in [2.24, 2.45) is 5.73 Å². The minimum absolute atomic E-state index is 0.471. The highest BCUT2D eigenvalue weighted by atomic mass is 16.5. The molecule has 3 nitrogen and oxygen atoms in total. The number of nitrogens with zero attached hydrogens (tertiary/aromatic N) is 1. The van der Waals surface area contributed by atoms with Crippen LogP contribution in [-0.4, -0.2) is 4.98 Å². The number of hydrogen-bond donors (Lipinski definition) is 1. The maximum Gasteiger partial charge on any atom is 0.227 e. The molecule has 2 aromatic carbocycles. The number of fused-ring (bicyclic) bond motifs is 1. The molecule has 3 rings (SSSR count). The lowest BCUT2D eigenvalue weighted by Crippen LogP contribution is -1.99. The van der Waals surface area contributed by atoms with Gasteiger partial charge in [0.05, 0.1) is 0 Å². The zero-order valence-electron chi connectivity index (χ0n) is 12.0. The molecule has 3 aromatic rings. The van der Waals surface area contributed by atoms with E-state index in [1.165, 1.54) is 5.56 Å². The van der Waals surface area contributed by atoms with Crippen LogP contribution in [-0.2, 0) is 13.0 Å². The molecule has 106 valence electrons. The van der Waals surface area contributed by atoms with Crippen LogP contribution in [0.5, 0.6) is 11.6 Å². The van der Waals surface area contributed by atoms with Gasteiger partial charge in [-0.1, -0.05) is 37.3 Å². The molecular weight excluding hydrogens is 260 g/mol. The Morgan fingerprint density at radius 2 is 1.86 bits per heavy atom. The molecule has 21 heavy (non-hydrogen) atoms. The predicted octanol–water partition coefficient (Wildman–Crippen LogP) is 4.05. The number of aryl methyl sites for hydroxylation is 1. The molecule has 0 atom stereocenters. The minimum Gasteiger partial charge on any atom is -0.438 e. The summed E-state index contributed by atoms with van der Waals surface area (Å²) in [5, 5.41) is 2.08. The monoisotopic (exact) mass is 278 g/mol. The number of hydrogen-bond acceptors (Lipinski definition) is 3. The van der Waals surface area contributed by atoms with E-state index in [1.807, 2.05) is 36.4 Å². The smallest absolute Gasteiger partial charge is 0.227 e. The van der Waals surface area contributed by atoms with E-state index in [0.717, 1.165) is 28.5 Å². The van der Waals surface area contributed by atoms with Crippen molar-refractivity contribution in [2.45, 2.75) is 19.9 Å². The number of aromatic nitrogens is 1. The first-order valence-electron chi connectivity index (χ1n) is 7.15. The summed E-state index contributed by atoms with van der Waals surface area (Å²) in [6, 6.07) is 16.2. The number of benzene rings is 2. The molecule has 0 saturated heterocycles. The first kappa shape index (κ1) is 13.6. The highest BCUT2D eigenvalue weighted by Crippen LogP contribution is 2.30. The summed E-state index contributed by atoms with van der Waals surface area (Å²) in [6.45, 7) is 2.60. The molecule has 0 radical (unpaired) electrons. The van der Waals surface area contributed by atoms with Crippen molar-refractivity contribution in [3.05, 3.63) is 65.9 Å². The Hall–Kier alpha value is -2.39. The van der Waals surface area contributed by atoms with Gasteiger partial charge >= 0.3 is 0 Å². The SMILES string of the molecule is CCc1cccc(Oc2ncc(CN)c3ccccc23)c1. The largest absolute Gasteiger partial charge is 0.438 e. The average molecular weight is 278 g/mol. The summed E-state index contributed by atoms with van der Waals surface area (Å²) >= 11 is 0. The molecule has 0 aliphatic carbocycles. The average Bonchev–Trinajstić information content (AvgIpc) is 2.55. The second-order valence-electron chi connectivity index (χ2n) is 4.94. The topological polar surface area (TPSA) is 48.1 Å². The van der Waals surface area contributed by atoms with Gasteiger partial charge in [0.25, 0.3) is 0 Å². The summed E-state index contributed by atoms with van der Waals surface area (Å²) < 4.78 is 5.98. The Kier molecular flexibility index (Phi) is 3.84. The second kappa shape index (κ2) is 5.94. The fourth-order valence-electron chi connectivity index (χ4n) is 2.41. The molecule has 1 aromatic heterocycles. The Morgan fingerprint density at radius 3 is 2.62 bits per heavy atom. The molecule has 1 heterocycles. The van der Waals surface area contributed by atoms with E-state index in [-0.39, 0.29) is 0 Å². The van der Waals surface area contributed by atoms with Gasteiger partial charge in [0.1, 0.15) is 5.75 Å². The van der Waals surface area contributed by atoms with Crippen molar-refractivity contribution >= 4 is 10.8 Å². The molecule has 3 heteroatoms. The van der Waals surface area contributed by atoms with Crippen LogP contribution >= 0.6 is 0 Å². The van der Waals surface area contributed by atoms with Crippen molar-refractivity contribution in [1.82, 2.24) is 4.98 Å². The van der Waals surface area contributed by atoms with Crippen LogP contribution in [0.1, 0.15) is 18.1 Å². The van der Waals surface area contributed by atoms with Gasteiger partial charge in [-0.2, -0.15) is 0 Å². The maximum absolute atomic E-state index is 5.98. The van der Waals surface area contributed by atoms with Gasteiger partial charge in [-0.05, 0) is 41.1 Å². The van der Waals surface area contributed by atoms with Crippen LogP contribution in [0.3, 0.4) is 0 Å².